The second-order valence-corrected chi connectivity index (χ2v) is 5.11. The van der Waals surface area contributed by atoms with Crippen LogP contribution < -0.4 is 0 Å². The van der Waals surface area contributed by atoms with Crippen LogP contribution in [-0.4, -0.2) is 19.9 Å². The van der Waals surface area contributed by atoms with Gasteiger partial charge in [-0.2, -0.15) is 0 Å². The van der Waals surface area contributed by atoms with E-state index in [1.54, 1.807) is 6.33 Å². The molecule has 1 atom stereocenters. The molecule has 0 radical (unpaired) electrons. The fourth-order valence-corrected chi connectivity index (χ4v) is 2.84. The fourth-order valence-electron chi connectivity index (χ4n) is 2.84. The zero-order valence-corrected chi connectivity index (χ0v) is 11.8. The molecule has 0 saturated heterocycles. The molecule has 1 aromatic carbocycles. The third kappa shape index (κ3) is 2.15. The summed E-state index contributed by atoms with van der Waals surface area (Å²) in [7, 11) is 0. The Morgan fingerprint density at radius 2 is 1.82 bits per heavy atom. The third-order valence-corrected chi connectivity index (χ3v) is 3.80. The maximum absolute atomic E-state index is 4.55. The fraction of sp³-hybridized carbons (Fsp3) is 0.0556. The average Bonchev–Trinajstić information content (AvgIpc) is 3.11. The van der Waals surface area contributed by atoms with E-state index in [-0.39, 0.29) is 5.92 Å². The molecule has 4 nitrogen and oxygen atoms in total. The molecule has 0 saturated carbocycles. The lowest BCUT2D eigenvalue weighted by Crippen LogP contribution is -2.06. The summed E-state index contributed by atoms with van der Waals surface area (Å²) in [5.41, 5.74) is 4.17. The second kappa shape index (κ2) is 5.41. The molecule has 3 heterocycles. The first-order valence-electron chi connectivity index (χ1n) is 7.16. The number of rotatable bonds is 3. The first kappa shape index (κ1) is 12.7. The summed E-state index contributed by atoms with van der Waals surface area (Å²) in [5.74, 6) is 0.0107. The van der Waals surface area contributed by atoms with E-state index in [1.165, 1.54) is 5.56 Å². The number of aromatic amines is 1. The first-order valence-corrected chi connectivity index (χ1v) is 7.16. The largest absolute Gasteiger partial charge is 0.348 e. The Bertz CT molecular complexity index is 880. The van der Waals surface area contributed by atoms with Gasteiger partial charge >= 0.3 is 0 Å². The minimum absolute atomic E-state index is 0.0107. The molecular weight excluding hydrogens is 272 g/mol. The van der Waals surface area contributed by atoms with E-state index in [1.807, 2.05) is 55.0 Å². The molecule has 1 unspecified atom stereocenters. The molecule has 1 N–H and O–H groups in total. The van der Waals surface area contributed by atoms with Gasteiger partial charge in [0.05, 0.1) is 23.5 Å². The Morgan fingerprint density at radius 1 is 0.864 bits per heavy atom. The maximum atomic E-state index is 4.55. The van der Waals surface area contributed by atoms with Gasteiger partial charge in [-0.05, 0) is 29.8 Å². The summed E-state index contributed by atoms with van der Waals surface area (Å²) >= 11 is 0. The molecule has 0 aliphatic carbocycles. The molecule has 0 aliphatic heterocycles. The molecule has 4 heteroatoms. The molecular formula is C18H14N4. The predicted octanol–water partition coefficient (Wildman–Crippen LogP) is 3.53. The zero-order chi connectivity index (χ0) is 14.8. The number of imidazole rings is 1. The number of fused-ring (bicyclic) bond motifs is 1. The molecule has 0 fully saturated rings. The van der Waals surface area contributed by atoms with Crippen molar-refractivity contribution < 1.29 is 0 Å². The minimum Gasteiger partial charge on any atom is -0.348 e. The van der Waals surface area contributed by atoms with Crippen molar-refractivity contribution in [2.24, 2.45) is 0 Å². The lowest BCUT2D eigenvalue weighted by molar-refractivity contribution is 0.893. The number of H-pyrrole nitrogens is 1. The van der Waals surface area contributed by atoms with Crippen LogP contribution in [0, 0.1) is 0 Å². The van der Waals surface area contributed by atoms with Crippen molar-refractivity contribution in [1.29, 1.82) is 0 Å². The molecule has 4 aromatic rings. The smallest absolute Gasteiger partial charge is 0.0922 e. The zero-order valence-electron chi connectivity index (χ0n) is 11.8. The van der Waals surface area contributed by atoms with E-state index >= 15 is 0 Å². The van der Waals surface area contributed by atoms with Gasteiger partial charge in [-0.3, -0.25) is 9.97 Å². The third-order valence-electron chi connectivity index (χ3n) is 3.80. The molecule has 0 spiro atoms. The highest BCUT2D eigenvalue weighted by Gasteiger charge is 2.21. The van der Waals surface area contributed by atoms with Crippen molar-refractivity contribution >= 4 is 10.9 Å². The Labute approximate surface area is 127 Å². The minimum atomic E-state index is 0.0107. The van der Waals surface area contributed by atoms with Gasteiger partial charge in [-0.15, -0.1) is 0 Å². The van der Waals surface area contributed by atoms with Crippen LogP contribution in [0.1, 0.15) is 22.9 Å². The van der Waals surface area contributed by atoms with E-state index < -0.39 is 0 Å². The van der Waals surface area contributed by atoms with E-state index in [0.717, 1.165) is 22.3 Å². The Kier molecular flexibility index (Phi) is 3.12. The summed E-state index contributed by atoms with van der Waals surface area (Å²) in [6.07, 6.45) is 7.20. The van der Waals surface area contributed by atoms with Crippen LogP contribution in [0.5, 0.6) is 0 Å². The first-order chi connectivity index (χ1) is 10.9. The van der Waals surface area contributed by atoms with Crippen molar-refractivity contribution in [1.82, 2.24) is 19.9 Å². The number of hydrogen-bond donors (Lipinski definition) is 1. The van der Waals surface area contributed by atoms with Gasteiger partial charge in [0.2, 0.25) is 0 Å². The van der Waals surface area contributed by atoms with E-state index in [9.17, 15) is 0 Å². The standard InChI is InChI=1S/C18H14N4/c1-2-9-21-16(7-1)18(17-11-19-12-22-17)14-5-3-8-15-13(14)6-4-10-20-15/h1-12,18H,(H,19,22). The molecule has 3 aromatic heterocycles. The van der Waals surface area contributed by atoms with Gasteiger partial charge in [-0.25, -0.2) is 4.98 Å². The number of pyridine rings is 2. The van der Waals surface area contributed by atoms with Crippen LogP contribution in [0.2, 0.25) is 0 Å². The van der Waals surface area contributed by atoms with Gasteiger partial charge < -0.3 is 4.98 Å². The van der Waals surface area contributed by atoms with Crippen LogP contribution in [0.15, 0.2) is 73.4 Å². The Morgan fingerprint density at radius 3 is 2.64 bits per heavy atom. The van der Waals surface area contributed by atoms with E-state index in [0.29, 0.717) is 0 Å². The summed E-state index contributed by atoms with van der Waals surface area (Å²) < 4.78 is 0. The number of aromatic nitrogens is 4. The van der Waals surface area contributed by atoms with Gasteiger partial charge in [0.15, 0.2) is 0 Å². The second-order valence-electron chi connectivity index (χ2n) is 5.11. The highest BCUT2D eigenvalue weighted by Crippen LogP contribution is 2.33. The van der Waals surface area contributed by atoms with Crippen LogP contribution in [-0.2, 0) is 0 Å². The summed E-state index contributed by atoms with van der Waals surface area (Å²) in [5, 5.41) is 1.13. The number of benzene rings is 1. The number of nitrogens with one attached hydrogen (secondary N) is 1. The summed E-state index contributed by atoms with van der Waals surface area (Å²) in [6, 6.07) is 16.2. The van der Waals surface area contributed by atoms with Crippen molar-refractivity contribution in [2.75, 3.05) is 0 Å². The molecule has 106 valence electrons. The normalized spacial score (nSPS) is 12.4. The van der Waals surface area contributed by atoms with Crippen LogP contribution in [0.3, 0.4) is 0 Å². The molecule has 4 rings (SSSR count). The Balaban J connectivity index is 1.98. The van der Waals surface area contributed by atoms with Gasteiger partial charge in [0, 0.05) is 29.7 Å². The van der Waals surface area contributed by atoms with Crippen LogP contribution in [0.25, 0.3) is 10.9 Å². The van der Waals surface area contributed by atoms with Gasteiger partial charge in [0.1, 0.15) is 0 Å². The van der Waals surface area contributed by atoms with Crippen LogP contribution in [0.4, 0.5) is 0 Å². The highest BCUT2D eigenvalue weighted by atomic mass is 14.9. The van der Waals surface area contributed by atoms with Gasteiger partial charge in [-0.1, -0.05) is 24.3 Å². The quantitative estimate of drug-likeness (QED) is 0.627. The van der Waals surface area contributed by atoms with Crippen molar-refractivity contribution in [2.45, 2.75) is 5.92 Å². The molecule has 0 aliphatic rings. The SMILES string of the molecule is c1ccc(C(c2cnc[nH]2)c2cccc3ncccc23)nc1. The van der Waals surface area contributed by atoms with Gasteiger partial charge in [0.25, 0.3) is 0 Å². The number of nitrogens with zero attached hydrogens (tertiary/aromatic N) is 3. The Hall–Kier alpha value is -3.01. The maximum Gasteiger partial charge on any atom is 0.0922 e. The topological polar surface area (TPSA) is 54.5 Å². The van der Waals surface area contributed by atoms with E-state index in [4.69, 9.17) is 0 Å². The predicted molar refractivity (Wildman–Crippen MR) is 85.5 cm³/mol. The van der Waals surface area contributed by atoms with Crippen LogP contribution >= 0.6 is 0 Å². The molecule has 0 amide bonds. The lowest BCUT2D eigenvalue weighted by Gasteiger charge is -2.17. The number of hydrogen-bond acceptors (Lipinski definition) is 3. The molecule has 22 heavy (non-hydrogen) atoms. The monoisotopic (exact) mass is 286 g/mol. The van der Waals surface area contributed by atoms with E-state index in [2.05, 4.69) is 32.1 Å². The molecule has 0 bridgehead atoms. The summed E-state index contributed by atoms with van der Waals surface area (Å²) in [6.45, 7) is 0. The highest BCUT2D eigenvalue weighted by molar-refractivity contribution is 5.83. The average molecular weight is 286 g/mol. The van der Waals surface area contributed by atoms with Crippen molar-refractivity contribution in [3.63, 3.8) is 0 Å². The lowest BCUT2D eigenvalue weighted by atomic mass is 9.89. The summed E-state index contributed by atoms with van der Waals surface area (Å²) in [4.78, 5) is 16.4. The van der Waals surface area contributed by atoms with Crippen molar-refractivity contribution in [3.8, 4) is 0 Å². The van der Waals surface area contributed by atoms with Crippen molar-refractivity contribution in [3.05, 3.63) is 90.4 Å².